The van der Waals surface area contributed by atoms with Crippen LogP contribution in [-0.2, 0) is 15.8 Å². The van der Waals surface area contributed by atoms with E-state index in [1.54, 1.807) is 21.0 Å². The zero-order valence-corrected chi connectivity index (χ0v) is 12.8. The number of alkyl halides is 3. The first kappa shape index (κ1) is 17.1. The summed E-state index contributed by atoms with van der Waals surface area (Å²) in [6.07, 6.45) is -2.21. The second kappa shape index (κ2) is 6.47. The van der Waals surface area contributed by atoms with E-state index in [9.17, 15) is 18.0 Å². The molecule has 9 heteroatoms. The number of amides is 1. The molecule has 0 spiro atoms. The van der Waals surface area contributed by atoms with Gasteiger partial charge >= 0.3 is 6.18 Å². The zero-order chi connectivity index (χ0) is 17.2. The van der Waals surface area contributed by atoms with Crippen LogP contribution in [0.4, 0.5) is 18.9 Å². The number of halogens is 3. The highest BCUT2D eigenvalue weighted by atomic mass is 19.4. The van der Waals surface area contributed by atoms with Crippen LogP contribution >= 0.6 is 0 Å². The summed E-state index contributed by atoms with van der Waals surface area (Å²) < 4.78 is 38.2. The molecular weight excluding hydrogens is 313 g/mol. The second-order valence-corrected chi connectivity index (χ2v) is 5.12. The topological polar surface area (TPSA) is 48.1 Å². The Bertz CT molecular complexity index is 604. The predicted molar refractivity (Wildman–Crippen MR) is 77.3 cm³/mol. The Morgan fingerprint density at radius 1 is 1.30 bits per heavy atom. The van der Waals surface area contributed by atoms with Crippen molar-refractivity contribution < 1.29 is 22.8 Å². The summed E-state index contributed by atoms with van der Waals surface area (Å²) in [4.78, 5) is 18.5. The third-order valence-electron chi connectivity index (χ3n) is 3.07. The van der Waals surface area contributed by atoms with Gasteiger partial charge in [0.15, 0.2) is 6.10 Å². The van der Waals surface area contributed by atoms with Gasteiger partial charge in [-0.05, 0) is 25.1 Å². The first-order valence-electron chi connectivity index (χ1n) is 6.77. The van der Waals surface area contributed by atoms with Gasteiger partial charge in [-0.3, -0.25) is 9.80 Å². The Morgan fingerprint density at radius 2 is 2.00 bits per heavy atom. The fourth-order valence-corrected chi connectivity index (χ4v) is 1.91. The Balaban J connectivity index is 2.01. The number of nitrogens with zero attached hydrogens (tertiary/aromatic N) is 3. The van der Waals surface area contributed by atoms with Crippen molar-refractivity contribution in [1.82, 2.24) is 15.6 Å². The molecule has 1 aliphatic heterocycles. The van der Waals surface area contributed by atoms with E-state index in [2.05, 4.69) is 5.53 Å². The number of hydrogen-bond acceptors (Lipinski definition) is 5. The molecule has 0 aromatic heterocycles. The summed E-state index contributed by atoms with van der Waals surface area (Å²) >= 11 is 0. The molecule has 1 atom stereocenters. The number of nitrogens with one attached hydrogen (secondary N) is 1. The third kappa shape index (κ3) is 4.14. The fraction of sp³-hybridized carbons (Fsp3) is 0.357. The molecule has 0 saturated heterocycles. The van der Waals surface area contributed by atoms with E-state index in [4.69, 9.17) is 4.84 Å². The minimum absolute atomic E-state index is 0.238. The molecule has 6 nitrogen and oxygen atoms in total. The van der Waals surface area contributed by atoms with Crippen molar-refractivity contribution in [2.24, 2.45) is 0 Å². The number of anilines is 1. The van der Waals surface area contributed by atoms with Gasteiger partial charge in [0.05, 0.1) is 17.5 Å². The van der Waals surface area contributed by atoms with Gasteiger partial charge in [-0.1, -0.05) is 6.07 Å². The second-order valence-electron chi connectivity index (χ2n) is 5.12. The average Bonchev–Trinajstić information content (AvgIpc) is 2.94. The number of benzene rings is 1. The van der Waals surface area contributed by atoms with Crippen molar-refractivity contribution in [2.45, 2.75) is 19.2 Å². The highest BCUT2D eigenvalue weighted by Crippen LogP contribution is 2.31. The van der Waals surface area contributed by atoms with Crippen LogP contribution in [0, 0.1) is 0 Å². The number of likely N-dealkylation sites (N-methyl/N-ethyl adjacent to an activating group) is 1. The highest BCUT2D eigenvalue weighted by molar-refractivity contribution is 5.79. The van der Waals surface area contributed by atoms with Gasteiger partial charge in [0, 0.05) is 20.3 Å². The number of hydrogen-bond donors (Lipinski definition) is 1. The fourth-order valence-electron chi connectivity index (χ4n) is 1.91. The molecule has 1 aliphatic rings. The largest absolute Gasteiger partial charge is 0.416 e. The Morgan fingerprint density at radius 3 is 2.61 bits per heavy atom. The first-order chi connectivity index (χ1) is 10.7. The molecule has 1 aromatic carbocycles. The summed E-state index contributed by atoms with van der Waals surface area (Å²) in [6.45, 7) is 1.57. The van der Waals surface area contributed by atoms with Gasteiger partial charge < -0.3 is 4.90 Å². The number of rotatable bonds is 4. The van der Waals surface area contributed by atoms with Crippen molar-refractivity contribution in [2.75, 3.05) is 19.1 Å². The van der Waals surface area contributed by atoms with Crippen LogP contribution in [0.15, 0.2) is 36.7 Å². The van der Waals surface area contributed by atoms with Crippen LogP contribution in [0.1, 0.15) is 12.5 Å². The summed E-state index contributed by atoms with van der Waals surface area (Å²) in [5.74, 6) is -0.238. The van der Waals surface area contributed by atoms with Crippen LogP contribution in [0.2, 0.25) is 0 Å². The van der Waals surface area contributed by atoms with E-state index in [1.807, 2.05) is 0 Å². The monoisotopic (exact) mass is 330 g/mol. The van der Waals surface area contributed by atoms with E-state index >= 15 is 0 Å². The van der Waals surface area contributed by atoms with Gasteiger partial charge in [-0.25, -0.2) is 4.84 Å². The van der Waals surface area contributed by atoms with Crippen molar-refractivity contribution in [3.63, 3.8) is 0 Å². The minimum Gasteiger partial charge on any atom is -0.346 e. The van der Waals surface area contributed by atoms with Gasteiger partial charge in [0.1, 0.15) is 0 Å². The molecule has 1 amide bonds. The Kier molecular flexibility index (Phi) is 4.81. The Labute approximate surface area is 131 Å². The number of hydrazine groups is 2. The zero-order valence-electron chi connectivity index (χ0n) is 12.8. The lowest BCUT2D eigenvalue weighted by Gasteiger charge is -2.25. The van der Waals surface area contributed by atoms with Crippen molar-refractivity contribution >= 4 is 11.6 Å². The van der Waals surface area contributed by atoms with E-state index in [-0.39, 0.29) is 11.6 Å². The highest BCUT2D eigenvalue weighted by Gasteiger charge is 2.31. The maximum atomic E-state index is 12.7. The quantitative estimate of drug-likeness (QED) is 0.916. The molecule has 0 bridgehead atoms. The van der Waals surface area contributed by atoms with Crippen LogP contribution in [0.5, 0.6) is 0 Å². The molecule has 1 unspecified atom stereocenters. The lowest BCUT2D eigenvalue weighted by atomic mass is 10.2. The molecule has 0 radical (unpaired) electrons. The van der Waals surface area contributed by atoms with Crippen LogP contribution < -0.4 is 10.5 Å². The molecule has 126 valence electrons. The molecule has 1 N–H and O–H groups in total. The molecular formula is C14H17F3N4O2. The lowest BCUT2D eigenvalue weighted by Crippen LogP contribution is -2.44. The number of hydroxylamine groups is 1. The van der Waals surface area contributed by atoms with Crippen molar-refractivity contribution in [1.29, 1.82) is 0 Å². The first-order valence-corrected chi connectivity index (χ1v) is 6.77. The summed E-state index contributed by atoms with van der Waals surface area (Å²) in [5, 5.41) is 2.51. The predicted octanol–water partition coefficient (Wildman–Crippen LogP) is 2.13. The molecule has 1 heterocycles. The number of carbonyl (C=O) groups is 1. The smallest absolute Gasteiger partial charge is 0.346 e. The van der Waals surface area contributed by atoms with Crippen molar-refractivity contribution in [3.8, 4) is 0 Å². The van der Waals surface area contributed by atoms with E-state index in [0.29, 0.717) is 0 Å². The van der Waals surface area contributed by atoms with Gasteiger partial charge in [-0.15, -0.1) is 5.53 Å². The van der Waals surface area contributed by atoms with Crippen molar-refractivity contribution in [3.05, 3.63) is 42.2 Å². The molecule has 1 aromatic rings. The standard InChI is InChI=1S/C14H17F3N4O2/c1-10(13(22)19(2)3)23-21-8-7-20(18-21)12-6-4-5-11(9-12)14(15,16)17/h4-10,18H,1-3H3. The lowest BCUT2D eigenvalue weighted by molar-refractivity contribution is -0.195. The maximum absolute atomic E-state index is 12.7. The summed E-state index contributed by atoms with van der Waals surface area (Å²) in [7, 11) is 3.20. The van der Waals surface area contributed by atoms with Crippen LogP contribution in [0.25, 0.3) is 0 Å². The SMILES string of the molecule is CC(ON1C=CN(c2cccc(C(F)(F)F)c2)N1)C(=O)N(C)C. The molecule has 23 heavy (non-hydrogen) atoms. The van der Waals surface area contributed by atoms with Gasteiger partial charge in [0.25, 0.3) is 5.91 Å². The molecule has 0 aliphatic carbocycles. The molecule has 0 saturated carbocycles. The van der Waals surface area contributed by atoms with E-state index < -0.39 is 17.8 Å². The molecule has 0 fully saturated rings. The van der Waals surface area contributed by atoms with Gasteiger partial charge in [-0.2, -0.15) is 18.3 Å². The Hall–Kier alpha value is -2.26. The van der Waals surface area contributed by atoms with Crippen LogP contribution in [-0.4, -0.2) is 36.2 Å². The third-order valence-corrected chi connectivity index (χ3v) is 3.07. The molecule has 2 rings (SSSR count). The average molecular weight is 330 g/mol. The van der Waals surface area contributed by atoms with Crippen LogP contribution in [0.3, 0.4) is 0 Å². The van der Waals surface area contributed by atoms with E-state index in [1.165, 1.54) is 34.4 Å². The van der Waals surface area contributed by atoms with E-state index in [0.717, 1.165) is 17.3 Å². The maximum Gasteiger partial charge on any atom is 0.416 e. The summed E-state index contributed by atoms with van der Waals surface area (Å²) in [5.41, 5.74) is 2.24. The van der Waals surface area contributed by atoms with Gasteiger partial charge in [0.2, 0.25) is 0 Å². The minimum atomic E-state index is -4.41. The normalized spacial score (nSPS) is 15.9. The summed E-state index contributed by atoms with van der Waals surface area (Å²) in [6, 6.07) is 4.84. The number of carbonyl (C=O) groups excluding carboxylic acids is 1.